The molecule has 0 aliphatic heterocycles. The predicted molar refractivity (Wildman–Crippen MR) is 117 cm³/mol. The van der Waals surface area contributed by atoms with Crippen molar-refractivity contribution in [3.8, 4) is 11.5 Å². The number of hydrazone groups is 1. The van der Waals surface area contributed by atoms with Crippen molar-refractivity contribution in [3.05, 3.63) is 59.2 Å². The number of carbonyl (C=O) groups excluding carboxylic acids is 1. The Morgan fingerprint density at radius 3 is 2.55 bits per heavy atom. The van der Waals surface area contributed by atoms with Gasteiger partial charge in [-0.1, -0.05) is 64.7 Å². The number of carbonyl (C=O) groups is 1. The molecule has 0 aliphatic carbocycles. The van der Waals surface area contributed by atoms with E-state index >= 15 is 0 Å². The minimum absolute atomic E-state index is 0.162. The second-order valence-corrected chi connectivity index (χ2v) is 9.36. The monoisotopic (exact) mass is 446 g/mol. The van der Waals surface area contributed by atoms with Gasteiger partial charge in [0.2, 0.25) is 0 Å². The molecule has 1 heterocycles. The van der Waals surface area contributed by atoms with Crippen LogP contribution in [0.5, 0.6) is 11.5 Å². The molecule has 0 radical (unpaired) electrons. The van der Waals surface area contributed by atoms with Crippen molar-refractivity contribution < 1.29 is 15.0 Å². The van der Waals surface area contributed by atoms with Gasteiger partial charge in [-0.3, -0.25) is 4.79 Å². The third kappa shape index (κ3) is 6.77. The van der Waals surface area contributed by atoms with Gasteiger partial charge in [0.1, 0.15) is 0 Å². The molecule has 0 saturated carbocycles. The standard InChI is InChI=1S/C19H18N4O3S3/c1-12-2-4-13(5-3-12)10-27-18-22-23-19(29-18)28-11-17(26)21-20-9-14-6-7-15(24)16(25)8-14/h2-9,24-25H,10-11H2,1H3,(H,21,26)/b20-9-. The van der Waals surface area contributed by atoms with E-state index < -0.39 is 0 Å². The number of aryl methyl sites for hydroxylation is 1. The lowest BCUT2D eigenvalue weighted by molar-refractivity contribution is -0.118. The average molecular weight is 447 g/mol. The van der Waals surface area contributed by atoms with Crippen molar-refractivity contribution in [2.45, 2.75) is 21.4 Å². The number of rotatable bonds is 8. The fourth-order valence-corrected chi connectivity index (χ4v) is 4.87. The molecule has 0 spiro atoms. The maximum atomic E-state index is 11.9. The Kier molecular flexibility index (Phi) is 7.50. The zero-order chi connectivity index (χ0) is 20.6. The van der Waals surface area contributed by atoms with E-state index in [1.54, 1.807) is 17.8 Å². The van der Waals surface area contributed by atoms with Crippen LogP contribution < -0.4 is 5.43 Å². The van der Waals surface area contributed by atoms with E-state index in [1.165, 1.54) is 52.6 Å². The van der Waals surface area contributed by atoms with Gasteiger partial charge in [-0.05, 0) is 36.2 Å². The molecule has 1 amide bonds. The lowest BCUT2D eigenvalue weighted by Crippen LogP contribution is -2.19. The average Bonchev–Trinajstić information content (AvgIpc) is 3.17. The van der Waals surface area contributed by atoms with Crippen molar-refractivity contribution in [2.75, 3.05) is 5.75 Å². The first-order valence-electron chi connectivity index (χ1n) is 8.48. The van der Waals surface area contributed by atoms with Crippen LogP contribution in [0, 0.1) is 6.92 Å². The molecular formula is C19H18N4O3S3. The second kappa shape index (κ2) is 10.3. The Balaban J connectivity index is 1.41. The van der Waals surface area contributed by atoms with Gasteiger partial charge in [-0.2, -0.15) is 5.10 Å². The second-order valence-electron chi connectivity index (χ2n) is 5.94. The van der Waals surface area contributed by atoms with Crippen LogP contribution in [0.15, 0.2) is 56.2 Å². The van der Waals surface area contributed by atoms with E-state index in [2.05, 4.69) is 51.9 Å². The summed E-state index contributed by atoms with van der Waals surface area (Å²) >= 11 is 4.37. The maximum Gasteiger partial charge on any atom is 0.250 e. The molecular weight excluding hydrogens is 428 g/mol. The topological polar surface area (TPSA) is 108 Å². The smallest absolute Gasteiger partial charge is 0.250 e. The molecule has 2 aromatic carbocycles. The van der Waals surface area contributed by atoms with Gasteiger partial charge < -0.3 is 10.2 Å². The highest BCUT2D eigenvalue weighted by atomic mass is 32.2. The first kappa shape index (κ1) is 21.2. The summed E-state index contributed by atoms with van der Waals surface area (Å²) in [7, 11) is 0. The number of phenols is 2. The molecule has 3 rings (SSSR count). The summed E-state index contributed by atoms with van der Waals surface area (Å²) in [5.41, 5.74) is 5.42. The zero-order valence-electron chi connectivity index (χ0n) is 15.4. The van der Waals surface area contributed by atoms with E-state index in [0.717, 1.165) is 14.4 Å². The largest absolute Gasteiger partial charge is 0.504 e. The van der Waals surface area contributed by atoms with Gasteiger partial charge >= 0.3 is 0 Å². The molecule has 10 heteroatoms. The van der Waals surface area contributed by atoms with Crippen LogP contribution in [0.4, 0.5) is 0 Å². The molecule has 0 aliphatic rings. The Hall–Kier alpha value is -2.56. The van der Waals surface area contributed by atoms with Crippen LogP contribution in [0.25, 0.3) is 0 Å². The van der Waals surface area contributed by atoms with E-state index in [1.807, 2.05) is 0 Å². The molecule has 7 nitrogen and oxygen atoms in total. The Morgan fingerprint density at radius 1 is 1.10 bits per heavy atom. The highest BCUT2D eigenvalue weighted by molar-refractivity contribution is 8.03. The molecule has 1 aromatic heterocycles. The Morgan fingerprint density at radius 2 is 1.83 bits per heavy atom. The first-order valence-corrected chi connectivity index (χ1v) is 11.3. The molecule has 0 atom stereocenters. The van der Waals surface area contributed by atoms with Gasteiger partial charge in [0.25, 0.3) is 5.91 Å². The summed E-state index contributed by atoms with van der Waals surface area (Å²) in [6.45, 7) is 2.06. The summed E-state index contributed by atoms with van der Waals surface area (Å²) in [5, 5.41) is 30.8. The number of aromatic nitrogens is 2. The van der Waals surface area contributed by atoms with Crippen molar-refractivity contribution in [2.24, 2.45) is 5.10 Å². The van der Waals surface area contributed by atoms with Crippen LogP contribution in [0.1, 0.15) is 16.7 Å². The fraction of sp³-hybridized carbons (Fsp3) is 0.158. The van der Waals surface area contributed by atoms with Crippen molar-refractivity contribution in [1.29, 1.82) is 0 Å². The molecule has 0 fully saturated rings. The van der Waals surface area contributed by atoms with Crippen molar-refractivity contribution in [1.82, 2.24) is 15.6 Å². The highest BCUT2D eigenvalue weighted by Crippen LogP contribution is 2.30. The van der Waals surface area contributed by atoms with Gasteiger partial charge in [0.15, 0.2) is 20.2 Å². The molecule has 0 saturated heterocycles. The van der Waals surface area contributed by atoms with Crippen LogP contribution in [0.3, 0.4) is 0 Å². The number of amides is 1. The van der Waals surface area contributed by atoms with E-state index in [4.69, 9.17) is 0 Å². The summed E-state index contributed by atoms with van der Waals surface area (Å²) in [4.78, 5) is 11.9. The lowest BCUT2D eigenvalue weighted by Gasteiger charge is -1.99. The minimum Gasteiger partial charge on any atom is -0.504 e. The SMILES string of the molecule is Cc1ccc(CSc2nnc(SCC(=O)N/N=C\c3ccc(O)c(O)c3)s2)cc1. The van der Waals surface area contributed by atoms with Crippen LogP contribution >= 0.6 is 34.9 Å². The van der Waals surface area contributed by atoms with Gasteiger partial charge in [0.05, 0.1) is 12.0 Å². The van der Waals surface area contributed by atoms with Gasteiger partial charge in [0, 0.05) is 5.75 Å². The molecule has 150 valence electrons. The predicted octanol–water partition coefficient (Wildman–Crippen LogP) is 3.79. The minimum atomic E-state index is -0.279. The van der Waals surface area contributed by atoms with Crippen LogP contribution in [-0.4, -0.2) is 38.3 Å². The number of nitrogens with one attached hydrogen (secondary N) is 1. The van der Waals surface area contributed by atoms with Crippen molar-refractivity contribution >= 4 is 47.0 Å². The Labute approximate surface area is 180 Å². The summed E-state index contributed by atoms with van der Waals surface area (Å²) in [6, 6.07) is 12.6. The van der Waals surface area contributed by atoms with E-state index in [-0.39, 0.29) is 23.2 Å². The summed E-state index contributed by atoms with van der Waals surface area (Å²) < 4.78 is 1.58. The zero-order valence-corrected chi connectivity index (χ0v) is 17.9. The Bertz CT molecular complexity index is 1010. The maximum absolute atomic E-state index is 11.9. The number of nitrogens with zero attached hydrogens (tertiary/aromatic N) is 3. The van der Waals surface area contributed by atoms with Crippen LogP contribution in [-0.2, 0) is 10.5 Å². The number of thioether (sulfide) groups is 2. The van der Waals surface area contributed by atoms with Gasteiger partial charge in [-0.25, -0.2) is 5.43 Å². The first-order chi connectivity index (χ1) is 14.0. The number of phenolic OH excluding ortho intramolecular Hbond substituents is 2. The number of aromatic hydroxyl groups is 2. The third-order valence-corrected chi connectivity index (χ3v) is 6.86. The molecule has 29 heavy (non-hydrogen) atoms. The number of hydrogen-bond acceptors (Lipinski definition) is 9. The normalized spacial score (nSPS) is 11.1. The molecule has 3 N–H and O–H groups in total. The third-order valence-electron chi connectivity index (χ3n) is 3.60. The summed E-state index contributed by atoms with van der Waals surface area (Å²) in [6.07, 6.45) is 1.38. The number of benzene rings is 2. The van der Waals surface area contributed by atoms with E-state index in [9.17, 15) is 15.0 Å². The molecule has 0 bridgehead atoms. The molecule has 0 unspecified atom stereocenters. The van der Waals surface area contributed by atoms with E-state index in [0.29, 0.717) is 5.56 Å². The number of hydrogen-bond donors (Lipinski definition) is 3. The summed E-state index contributed by atoms with van der Waals surface area (Å²) in [5.74, 6) is 0.245. The lowest BCUT2D eigenvalue weighted by atomic mass is 10.2. The highest BCUT2D eigenvalue weighted by Gasteiger charge is 2.08. The van der Waals surface area contributed by atoms with Crippen molar-refractivity contribution in [3.63, 3.8) is 0 Å². The van der Waals surface area contributed by atoms with Gasteiger partial charge in [-0.15, -0.1) is 10.2 Å². The van der Waals surface area contributed by atoms with Crippen LogP contribution in [0.2, 0.25) is 0 Å². The quantitative estimate of drug-likeness (QED) is 0.209. The molecule has 3 aromatic rings. The fourth-order valence-electron chi connectivity index (χ4n) is 2.10.